The zero-order valence-corrected chi connectivity index (χ0v) is 10.2. The predicted molar refractivity (Wildman–Crippen MR) is 62.8 cm³/mol. The van der Waals surface area contributed by atoms with Crippen molar-refractivity contribution in [2.75, 3.05) is 13.1 Å². The van der Waals surface area contributed by atoms with Crippen molar-refractivity contribution in [3.8, 4) is 0 Å². The van der Waals surface area contributed by atoms with Crippen LogP contribution in [0.15, 0.2) is 0 Å². The molecule has 1 heterocycles. The Morgan fingerprint density at radius 2 is 1.87 bits per heavy atom. The van der Waals surface area contributed by atoms with Crippen LogP contribution in [0.1, 0.15) is 46.0 Å². The second-order valence-electron chi connectivity index (χ2n) is 5.71. The van der Waals surface area contributed by atoms with Gasteiger partial charge in [0.25, 0.3) is 0 Å². The lowest BCUT2D eigenvalue weighted by Crippen LogP contribution is -2.44. The molecular weight excluding hydrogens is 186 g/mol. The van der Waals surface area contributed by atoms with Gasteiger partial charge in [-0.05, 0) is 37.6 Å². The van der Waals surface area contributed by atoms with Crippen molar-refractivity contribution in [2.24, 2.45) is 11.8 Å². The normalized spacial score (nSPS) is 38.8. The van der Waals surface area contributed by atoms with Gasteiger partial charge >= 0.3 is 0 Å². The molecule has 2 heteroatoms. The molecule has 2 fully saturated rings. The molecular formula is C13H25NO. The van der Waals surface area contributed by atoms with Gasteiger partial charge in [-0.15, -0.1) is 0 Å². The highest BCUT2D eigenvalue weighted by atomic mass is 16.3. The van der Waals surface area contributed by atoms with Crippen molar-refractivity contribution in [1.82, 2.24) is 4.90 Å². The topological polar surface area (TPSA) is 23.5 Å². The Bertz CT molecular complexity index is 205. The van der Waals surface area contributed by atoms with E-state index in [1.807, 2.05) is 0 Å². The molecule has 3 unspecified atom stereocenters. The fourth-order valence-corrected chi connectivity index (χ4v) is 3.18. The summed E-state index contributed by atoms with van der Waals surface area (Å²) in [5.41, 5.74) is 0. The maximum absolute atomic E-state index is 10.0. The van der Waals surface area contributed by atoms with Crippen molar-refractivity contribution in [2.45, 2.75) is 58.1 Å². The summed E-state index contributed by atoms with van der Waals surface area (Å²) in [5, 5.41) is 10.0. The summed E-state index contributed by atoms with van der Waals surface area (Å²) in [6, 6.07) is 0.475. The summed E-state index contributed by atoms with van der Waals surface area (Å²) >= 11 is 0. The first-order valence-corrected chi connectivity index (χ1v) is 6.60. The molecule has 1 N–H and O–H groups in total. The van der Waals surface area contributed by atoms with Gasteiger partial charge < -0.3 is 5.11 Å². The Morgan fingerprint density at radius 3 is 2.47 bits per heavy atom. The van der Waals surface area contributed by atoms with Crippen LogP contribution in [-0.2, 0) is 0 Å². The van der Waals surface area contributed by atoms with Crippen molar-refractivity contribution in [3.05, 3.63) is 0 Å². The van der Waals surface area contributed by atoms with E-state index >= 15 is 0 Å². The third kappa shape index (κ3) is 2.54. The van der Waals surface area contributed by atoms with Gasteiger partial charge in [-0.2, -0.15) is 0 Å². The predicted octanol–water partition coefficient (Wildman–Crippen LogP) is 2.27. The summed E-state index contributed by atoms with van der Waals surface area (Å²) in [5.74, 6) is 1.66. The van der Waals surface area contributed by atoms with Gasteiger partial charge in [-0.1, -0.05) is 26.7 Å². The van der Waals surface area contributed by atoms with E-state index in [-0.39, 0.29) is 6.10 Å². The first kappa shape index (κ1) is 11.4. The molecule has 3 atom stereocenters. The van der Waals surface area contributed by atoms with Gasteiger partial charge in [0.05, 0.1) is 6.10 Å². The van der Waals surface area contributed by atoms with Crippen molar-refractivity contribution in [1.29, 1.82) is 0 Å². The Labute approximate surface area is 93.7 Å². The maximum atomic E-state index is 10.0. The molecule has 0 aromatic carbocycles. The summed E-state index contributed by atoms with van der Waals surface area (Å²) in [7, 11) is 0. The van der Waals surface area contributed by atoms with E-state index < -0.39 is 0 Å². The van der Waals surface area contributed by atoms with E-state index in [4.69, 9.17) is 0 Å². The van der Waals surface area contributed by atoms with Crippen molar-refractivity contribution in [3.63, 3.8) is 0 Å². The van der Waals surface area contributed by atoms with Gasteiger partial charge in [-0.25, -0.2) is 0 Å². The monoisotopic (exact) mass is 211 g/mol. The summed E-state index contributed by atoms with van der Waals surface area (Å²) in [6.45, 7) is 7.08. The molecule has 15 heavy (non-hydrogen) atoms. The number of hydrogen-bond acceptors (Lipinski definition) is 2. The highest BCUT2D eigenvalue weighted by Gasteiger charge is 2.34. The van der Waals surface area contributed by atoms with Gasteiger partial charge in [0.15, 0.2) is 0 Å². The number of nitrogens with zero attached hydrogens (tertiary/aromatic N) is 1. The van der Waals surface area contributed by atoms with Crippen LogP contribution < -0.4 is 0 Å². The van der Waals surface area contributed by atoms with Crippen LogP contribution in [0, 0.1) is 11.8 Å². The van der Waals surface area contributed by atoms with E-state index in [0.717, 1.165) is 18.3 Å². The van der Waals surface area contributed by atoms with Crippen molar-refractivity contribution >= 4 is 0 Å². The molecule has 0 bridgehead atoms. The lowest BCUT2D eigenvalue weighted by atomic mass is 9.91. The number of aliphatic hydroxyl groups excluding tert-OH is 1. The number of hydrogen-bond donors (Lipinski definition) is 1. The average Bonchev–Trinajstić information content (AvgIpc) is 2.67. The molecule has 1 saturated heterocycles. The summed E-state index contributed by atoms with van der Waals surface area (Å²) in [6.07, 6.45) is 6.05. The Balaban J connectivity index is 1.89. The third-order valence-electron chi connectivity index (χ3n) is 4.36. The molecule has 2 aliphatic rings. The molecule has 0 amide bonds. The minimum Gasteiger partial charge on any atom is -0.391 e. The first-order chi connectivity index (χ1) is 7.18. The van der Waals surface area contributed by atoms with Crippen molar-refractivity contribution < 1.29 is 5.11 Å². The van der Waals surface area contributed by atoms with Gasteiger partial charge in [0.1, 0.15) is 0 Å². The first-order valence-electron chi connectivity index (χ1n) is 6.60. The lowest BCUT2D eigenvalue weighted by Gasteiger charge is -2.35. The van der Waals surface area contributed by atoms with Gasteiger partial charge in [-0.3, -0.25) is 4.90 Å². The molecule has 88 valence electrons. The standard InChI is InChI=1S/C13H25NO/c1-10(2)11-7-8-14(9-11)12-5-3-4-6-13(12)15/h10-13,15H,3-9H2,1-2H3. The van der Waals surface area contributed by atoms with Crippen LogP contribution in [0.25, 0.3) is 0 Å². The lowest BCUT2D eigenvalue weighted by molar-refractivity contribution is 0.0285. The highest BCUT2D eigenvalue weighted by Crippen LogP contribution is 2.30. The SMILES string of the molecule is CC(C)C1CCN(C2CCCCC2O)C1. The quantitative estimate of drug-likeness (QED) is 0.757. The van der Waals surface area contributed by atoms with E-state index in [1.165, 1.54) is 38.8 Å². The second-order valence-corrected chi connectivity index (χ2v) is 5.71. The number of rotatable bonds is 2. The molecule has 0 aromatic heterocycles. The zero-order chi connectivity index (χ0) is 10.8. The minimum absolute atomic E-state index is 0.0512. The molecule has 0 spiro atoms. The molecule has 1 aliphatic heterocycles. The van der Waals surface area contributed by atoms with Crippen LogP contribution in [0.4, 0.5) is 0 Å². The molecule has 1 saturated carbocycles. The second kappa shape index (κ2) is 4.84. The fraction of sp³-hybridized carbons (Fsp3) is 1.00. The smallest absolute Gasteiger partial charge is 0.0695 e. The number of likely N-dealkylation sites (tertiary alicyclic amines) is 1. The molecule has 0 radical (unpaired) electrons. The molecule has 1 aliphatic carbocycles. The molecule has 0 aromatic rings. The zero-order valence-electron chi connectivity index (χ0n) is 10.2. The Hall–Kier alpha value is -0.0800. The van der Waals surface area contributed by atoms with Crippen LogP contribution >= 0.6 is 0 Å². The summed E-state index contributed by atoms with van der Waals surface area (Å²) < 4.78 is 0. The van der Waals surface area contributed by atoms with E-state index in [9.17, 15) is 5.11 Å². The fourth-order valence-electron chi connectivity index (χ4n) is 3.18. The van der Waals surface area contributed by atoms with Gasteiger partial charge in [0, 0.05) is 12.6 Å². The molecule has 2 nitrogen and oxygen atoms in total. The van der Waals surface area contributed by atoms with E-state index in [0.29, 0.717) is 6.04 Å². The molecule has 2 rings (SSSR count). The third-order valence-corrected chi connectivity index (χ3v) is 4.36. The highest BCUT2D eigenvalue weighted by molar-refractivity contribution is 4.88. The van der Waals surface area contributed by atoms with E-state index in [2.05, 4.69) is 18.7 Å². The van der Waals surface area contributed by atoms with Crippen LogP contribution in [0.3, 0.4) is 0 Å². The Morgan fingerprint density at radius 1 is 1.13 bits per heavy atom. The average molecular weight is 211 g/mol. The van der Waals surface area contributed by atoms with E-state index in [1.54, 1.807) is 0 Å². The van der Waals surface area contributed by atoms with Gasteiger partial charge in [0.2, 0.25) is 0 Å². The maximum Gasteiger partial charge on any atom is 0.0695 e. The minimum atomic E-state index is -0.0512. The number of aliphatic hydroxyl groups is 1. The van der Waals surface area contributed by atoms with Crippen LogP contribution in [0.5, 0.6) is 0 Å². The summed E-state index contributed by atoms with van der Waals surface area (Å²) in [4.78, 5) is 2.55. The van der Waals surface area contributed by atoms with Crippen LogP contribution in [0.2, 0.25) is 0 Å². The van der Waals surface area contributed by atoms with Crippen LogP contribution in [-0.4, -0.2) is 35.2 Å². The Kier molecular flexibility index (Phi) is 3.68. The largest absolute Gasteiger partial charge is 0.391 e.